The number of methoxy groups -OCH3 is 1. The number of amides is 2. The number of ether oxygens (including phenoxy) is 3. The number of anilines is 1. The van der Waals surface area contributed by atoms with E-state index in [2.05, 4.69) is 36.7 Å². The molecule has 1 aromatic heterocycles. The maximum absolute atomic E-state index is 12.0. The van der Waals surface area contributed by atoms with Gasteiger partial charge in [-0.25, -0.2) is 9.78 Å². The van der Waals surface area contributed by atoms with Crippen molar-refractivity contribution in [3.05, 3.63) is 47.9 Å². The topological polar surface area (TPSA) is 147 Å². The molecule has 2 atom stereocenters. The van der Waals surface area contributed by atoms with Crippen LogP contribution in [0.15, 0.2) is 36.7 Å². The van der Waals surface area contributed by atoms with E-state index in [-0.39, 0.29) is 18.8 Å². The number of benzene rings is 1. The number of nitrogens with one attached hydrogen (secondary N) is 3. The van der Waals surface area contributed by atoms with Gasteiger partial charge in [0.15, 0.2) is 5.82 Å². The molecule has 0 radical (unpaired) electrons. The number of aromatic nitrogens is 2. The van der Waals surface area contributed by atoms with E-state index in [4.69, 9.17) is 14.7 Å². The van der Waals surface area contributed by atoms with Crippen molar-refractivity contribution in [2.45, 2.75) is 25.0 Å². The average molecular weight is 454 g/mol. The number of nitrogens with zero attached hydrogens (tertiary/aromatic N) is 3. The molecular weight excluding hydrogens is 428 g/mol. The van der Waals surface area contributed by atoms with Crippen LogP contribution in [-0.2, 0) is 20.7 Å². The quantitative estimate of drug-likeness (QED) is 0.505. The fourth-order valence-corrected chi connectivity index (χ4v) is 3.21. The molecule has 1 aliphatic rings. The van der Waals surface area contributed by atoms with Crippen molar-refractivity contribution in [2.24, 2.45) is 0 Å². The van der Waals surface area contributed by atoms with Crippen LogP contribution in [0.25, 0.3) is 0 Å². The normalized spacial score (nSPS) is 17.5. The van der Waals surface area contributed by atoms with E-state index in [0.717, 1.165) is 0 Å². The molecule has 0 saturated carbocycles. The smallest absolute Gasteiger partial charge is 0.407 e. The minimum absolute atomic E-state index is 0.0557. The molecule has 11 nitrogen and oxygen atoms in total. The Morgan fingerprint density at radius 2 is 1.97 bits per heavy atom. The number of rotatable bonds is 9. The summed E-state index contributed by atoms with van der Waals surface area (Å²) in [6, 6.07) is 9.02. The van der Waals surface area contributed by atoms with Crippen molar-refractivity contribution < 1.29 is 23.8 Å². The molecule has 1 aliphatic heterocycles. The van der Waals surface area contributed by atoms with E-state index in [9.17, 15) is 9.59 Å². The van der Waals surface area contributed by atoms with Crippen LogP contribution in [0.5, 0.6) is 5.75 Å². The van der Waals surface area contributed by atoms with Gasteiger partial charge in [0.25, 0.3) is 0 Å². The van der Waals surface area contributed by atoms with Gasteiger partial charge in [-0.05, 0) is 37.1 Å². The predicted molar refractivity (Wildman–Crippen MR) is 118 cm³/mol. The van der Waals surface area contributed by atoms with Gasteiger partial charge in [0.1, 0.15) is 25.0 Å². The van der Waals surface area contributed by atoms with Crippen LogP contribution >= 0.6 is 0 Å². The Kier molecular flexibility index (Phi) is 8.93. The number of aryl methyl sites for hydroxylation is 1. The number of morpholine rings is 1. The number of alkyl carbamates (subject to hydrolysis) is 1. The highest BCUT2D eigenvalue weighted by Crippen LogP contribution is 2.17. The van der Waals surface area contributed by atoms with Crippen molar-refractivity contribution in [1.29, 1.82) is 5.26 Å². The molecule has 0 unspecified atom stereocenters. The summed E-state index contributed by atoms with van der Waals surface area (Å²) in [4.78, 5) is 31.7. The van der Waals surface area contributed by atoms with Gasteiger partial charge in [-0.2, -0.15) is 5.26 Å². The van der Waals surface area contributed by atoms with Crippen LogP contribution in [0.4, 0.5) is 10.6 Å². The van der Waals surface area contributed by atoms with E-state index in [1.54, 1.807) is 30.5 Å². The lowest BCUT2D eigenvalue weighted by atomic mass is 10.1. The number of hydrogen-bond donors (Lipinski definition) is 3. The Balaban J connectivity index is 1.46. The lowest BCUT2D eigenvalue weighted by molar-refractivity contribution is -0.115. The molecule has 33 heavy (non-hydrogen) atoms. The first-order valence-electron chi connectivity index (χ1n) is 10.5. The van der Waals surface area contributed by atoms with Crippen molar-refractivity contribution in [2.75, 3.05) is 38.7 Å². The lowest BCUT2D eigenvalue weighted by Gasteiger charge is -2.31. The summed E-state index contributed by atoms with van der Waals surface area (Å²) in [5, 5.41) is 17.2. The summed E-state index contributed by atoms with van der Waals surface area (Å²) >= 11 is 0. The first-order valence-corrected chi connectivity index (χ1v) is 10.5. The van der Waals surface area contributed by atoms with Crippen LogP contribution < -0.4 is 20.7 Å². The van der Waals surface area contributed by atoms with E-state index < -0.39 is 12.0 Å². The van der Waals surface area contributed by atoms with Crippen molar-refractivity contribution in [3.63, 3.8) is 0 Å². The Hall–Kier alpha value is -3.75. The summed E-state index contributed by atoms with van der Waals surface area (Å²) in [7, 11) is 1.22. The van der Waals surface area contributed by atoms with E-state index in [1.807, 2.05) is 0 Å². The molecule has 174 valence electrons. The third-order valence-electron chi connectivity index (χ3n) is 4.86. The van der Waals surface area contributed by atoms with Crippen LogP contribution in [0.3, 0.4) is 0 Å². The van der Waals surface area contributed by atoms with Gasteiger partial charge in [0, 0.05) is 25.5 Å². The predicted octanol–water partition coefficient (Wildman–Crippen LogP) is 1.01. The van der Waals surface area contributed by atoms with Gasteiger partial charge in [0.2, 0.25) is 5.91 Å². The zero-order chi connectivity index (χ0) is 23.5. The molecule has 1 fully saturated rings. The molecule has 0 spiro atoms. The lowest BCUT2D eigenvalue weighted by Crippen LogP contribution is -2.47. The largest absolute Gasteiger partial charge is 0.491 e. The van der Waals surface area contributed by atoms with Gasteiger partial charge in [-0.1, -0.05) is 0 Å². The summed E-state index contributed by atoms with van der Waals surface area (Å²) < 4.78 is 16.4. The zero-order valence-corrected chi connectivity index (χ0v) is 18.2. The monoisotopic (exact) mass is 454 g/mol. The van der Waals surface area contributed by atoms with Crippen LogP contribution in [0.2, 0.25) is 0 Å². The Morgan fingerprint density at radius 1 is 1.21 bits per heavy atom. The zero-order valence-electron chi connectivity index (χ0n) is 18.2. The average Bonchev–Trinajstić information content (AvgIpc) is 2.86. The van der Waals surface area contributed by atoms with Gasteiger partial charge < -0.3 is 30.2 Å². The second-order valence-electron chi connectivity index (χ2n) is 7.27. The number of nitriles is 1. The fourth-order valence-electron chi connectivity index (χ4n) is 3.21. The highest BCUT2D eigenvalue weighted by molar-refractivity contribution is 5.93. The second-order valence-corrected chi connectivity index (χ2v) is 7.27. The minimum atomic E-state index is -0.691. The van der Waals surface area contributed by atoms with E-state index in [1.165, 1.54) is 13.3 Å². The van der Waals surface area contributed by atoms with E-state index in [0.29, 0.717) is 55.4 Å². The molecule has 3 rings (SSSR count). The maximum Gasteiger partial charge on any atom is 0.407 e. The molecule has 2 aromatic rings. The van der Waals surface area contributed by atoms with E-state index >= 15 is 0 Å². The third-order valence-corrected chi connectivity index (χ3v) is 4.86. The molecule has 1 saturated heterocycles. The van der Waals surface area contributed by atoms with Gasteiger partial charge >= 0.3 is 6.09 Å². The number of carbonyl (C=O) groups is 2. The van der Waals surface area contributed by atoms with Crippen LogP contribution in [0.1, 0.15) is 17.7 Å². The van der Waals surface area contributed by atoms with Crippen LogP contribution in [0, 0.1) is 11.3 Å². The molecule has 3 N–H and O–H groups in total. The second kappa shape index (κ2) is 12.3. The molecule has 0 aliphatic carbocycles. The first-order chi connectivity index (χ1) is 16.1. The summed E-state index contributed by atoms with van der Waals surface area (Å²) in [5.41, 5.74) is 1.21. The van der Waals surface area contributed by atoms with Gasteiger partial charge in [-0.3, -0.25) is 9.78 Å². The highest BCUT2D eigenvalue weighted by atomic mass is 16.5. The molecule has 1 aromatic carbocycles. The Morgan fingerprint density at radius 3 is 2.73 bits per heavy atom. The third kappa shape index (κ3) is 7.71. The summed E-state index contributed by atoms with van der Waals surface area (Å²) in [6.07, 6.45) is 3.40. The maximum atomic E-state index is 12.0. The molecule has 2 heterocycles. The molecular formula is C22H26N6O5. The van der Waals surface area contributed by atoms with Gasteiger partial charge in [0.05, 0.1) is 30.5 Å². The summed E-state index contributed by atoms with van der Waals surface area (Å²) in [6.45, 7) is 1.51. The SMILES string of the molecule is COC(=O)NCC(=O)Nc1nccnc1CC[C@@H]1CNC[C@@H](COc2ccc(C#N)cc2)O1. The van der Waals surface area contributed by atoms with Crippen molar-refractivity contribution in [3.8, 4) is 11.8 Å². The Labute approximate surface area is 191 Å². The Bertz CT molecular complexity index is 978. The number of carbonyl (C=O) groups excluding carboxylic acids is 2. The molecule has 11 heteroatoms. The summed E-state index contributed by atoms with van der Waals surface area (Å²) in [5.74, 6) is 0.595. The standard InChI is InChI=1S/C22H26N6O5/c1-31-22(30)27-13-20(29)28-21-19(25-8-9-26-21)7-6-17-11-24-12-18(33-17)14-32-16-4-2-15(10-23)3-5-16/h2-5,8-9,17-18,24H,6-7,11-14H2,1H3,(H,27,30)(H,26,28,29)/t17-,18+/m1/s1. The van der Waals surface area contributed by atoms with Crippen molar-refractivity contribution >= 4 is 17.8 Å². The minimum Gasteiger partial charge on any atom is -0.491 e. The molecule has 2 amide bonds. The van der Waals surface area contributed by atoms with Gasteiger partial charge in [-0.15, -0.1) is 0 Å². The first kappa shape index (κ1) is 23.9. The number of hydrogen-bond acceptors (Lipinski definition) is 9. The fraction of sp³-hybridized carbons (Fsp3) is 0.409. The van der Waals surface area contributed by atoms with Crippen LogP contribution in [-0.4, -0.2) is 67.5 Å². The van der Waals surface area contributed by atoms with Crippen molar-refractivity contribution in [1.82, 2.24) is 20.6 Å². The molecule has 0 bridgehead atoms. The highest BCUT2D eigenvalue weighted by Gasteiger charge is 2.23.